The SMILES string of the molecule is CCNS(=O)(=O)c1nc(CC)n2ccc(OC)cc12. The van der Waals surface area contributed by atoms with E-state index in [4.69, 9.17) is 4.74 Å². The van der Waals surface area contributed by atoms with Gasteiger partial charge in [0.2, 0.25) is 0 Å². The topological polar surface area (TPSA) is 72.7 Å². The molecule has 0 aromatic carbocycles. The molecule has 2 heterocycles. The summed E-state index contributed by atoms with van der Waals surface area (Å²) in [6.45, 7) is 3.99. The first-order chi connectivity index (χ1) is 9.03. The molecule has 0 saturated carbocycles. The fourth-order valence-electron chi connectivity index (χ4n) is 1.93. The number of ether oxygens (including phenoxy) is 1. The van der Waals surface area contributed by atoms with Crippen LogP contribution in [0.25, 0.3) is 5.52 Å². The molecule has 0 saturated heterocycles. The van der Waals surface area contributed by atoms with E-state index in [2.05, 4.69) is 9.71 Å². The number of nitrogens with zero attached hydrogens (tertiary/aromatic N) is 2. The molecule has 0 amide bonds. The van der Waals surface area contributed by atoms with Crippen molar-refractivity contribution in [2.24, 2.45) is 0 Å². The molecule has 0 aliphatic rings. The van der Waals surface area contributed by atoms with E-state index in [1.54, 1.807) is 36.8 Å². The summed E-state index contributed by atoms with van der Waals surface area (Å²) in [7, 11) is -2.05. The Morgan fingerprint density at radius 2 is 2.16 bits per heavy atom. The third kappa shape index (κ3) is 2.43. The number of aryl methyl sites for hydroxylation is 1. The Kier molecular flexibility index (Phi) is 3.77. The molecule has 0 fully saturated rings. The summed E-state index contributed by atoms with van der Waals surface area (Å²) >= 11 is 0. The lowest BCUT2D eigenvalue weighted by Gasteiger charge is -2.04. The summed E-state index contributed by atoms with van der Waals surface area (Å²) in [6, 6.07) is 3.45. The van der Waals surface area contributed by atoms with Crippen LogP contribution in [0.1, 0.15) is 19.7 Å². The second-order valence-electron chi connectivity index (χ2n) is 4.01. The lowest BCUT2D eigenvalue weighted by Crippen LogP contribution is -2.23. The van der Waals surface area contributed by atoms with Crippen LogP contribution >= 0.6 is 0 Å². The van der Waals surface area contributed by atoms with Crippen LogP contribution < -0.4 is 9.46 Å². The molecule has 6 nitrogen and oxygen atoms in total. The molecule has 0 unspecified atom stereocenters. The minimum absolute atomic E-state index is 0.0464. The fourth-order valence-corrected chi connectivity index (χ4v) is 3.11. The van der Waals surface area contributed by atoms with Gasteiger partial charge in [0.25, 0.3) is 10.0 Å². The van der Waals surface area contributed by atoms with Crippen molar-refractivity contribution in [2.45, 2.75) is 25.3 Å². The van der Waals surface area contributed by atoms with Gasteiger partial charge in [0.15, 0.2) is 5.03 Å². The summed E-state index contributed by atoms with van der Waals surface area (Å²) in [5.74, 6) is 1.30. The van der Waals surface area contributed by atoms with Gasteiger partial charge in [-0.15, -0.1) is 0 Å². The van der Waals surface area contributed by atoms with Gasteiger partial charge in [0.05, 0.1) is 12.6 Å². The number of sulfonamides is 1. The monoisotopic (exact) mass is 283 g/mol. The van der Waals surface area contributed by atoms with Crippen molar-refractivity contribution >= 4 is 15.5 Å². The molecule has 0 radical (unpaired) electrons. The number of nitrogens with one attached hydrogen (secondary N) is 1. The molecule has 0 aliphatic heterocycles. The molecule has 19 heavy (non-hydrogen) atoms. The van der Waals surface area contributed by atoms with E-state index < -0.39 is 10.0 Å². The number of imidazole rings is 1. The molecular formula is C12H17N3O3S. The maximum atomic E-state index is 12.1. The van der Waals surface area contributed by atoms with E-state index in [9.17, 15) is 8.42 Å². The van der Waals surface area contributed by atoms with Gasteiger partial charge in [-0.25, -0.2) is 18.1 Å². The van der Waals surface area contributed by atoms with Gasteiger partial charge in [0.1, 0.15) is 11.6 Å². The second-order valence-corrected chi connectivity index (χ2v) is 5.69. The van der Waals surface area contributed by atoms with Crippen molar-refractivity contribution in [2.75, 3.05) is 13.7 Å². The largest absolute Gasteiger partial charge is 0.497 e. The molecule has 0 atom stereocenters. The first-order valence-electron chi connectivity index (χ1n) is 6.08. The van der Waals surface area contributed by atoms with Crippen molar-refractivity contribution in [3.8, 4) is 5.75 Å². The van der Waals surface area contributed by atoms with Gasteiger partial charge in [-0.05, 0) is 6.07 Å². The molecular weight excluding hydrogens is 266 g/mol. The van der Waals surface area contributed by atoms with E-state index in [0.29, 0.717) is 30.1 Å². The molecule has 0 bridgehead atoms. The predicted octanol–water partition coefficient (Wildman–Crippen LogP) is 1.20. The number of aromatic nitrogens is 2. The summed E-state index contributed by atoms with van der Waals surface area (Å²) in [6.07, 6.45) is 2.42. The highest BCUT2D eigenvalue weighted by atomic mass is 32.2. The van der Waals surface area contributed by atoms with Gasteiger partial charge in [0, 0.05) is 25.2 Å². The molecule has 0 aliphatic carbocycles. The second kappa shape index (κ2) is 5.18. The van der Waals surface area contributed by atoms with Crippen LogP contribution in [-0.4, -0.2) is 31.5 Å². The quantitative estimate of drug-likeness (QED) is 0.895. The summed E-state index contributed by atoms with van der Waals surface area (Å²) in [5, 5.41) is 0.0464. The standard InChI is InChI=1S/C12H17N3O3S/c1-4-11-14-12(19(16,17)13-5-2)10-8-9(18-3)6-7-15(10)11/h6-8,13H,4-5H2,1-3H3. The third-order valence-corrected chi connectivity index (χ3v) is 4.27. The Morgan fingerprint density at radius 3 is 2.74 bits per heavy atom. The number of rotatable bonds is 5. The van der Waals surface area contributed by atoms with Crippen LogP contribution in [0.3, 0.4) is 0 Å². The zero-order valence-electron chi connectivity index (χ0n) is 11.2. The van der Waals surface area contributed by atoms with Gasteiger partial charge in [-0.3, -0.25) is 0 Å². The molecule has 2 aromatic rings. The molecule has 1 N–H and O–H groups in total. The molecule has 2 rings (SSSR count). The maximum absolute atomic E-state index is 12.1. The van der Waals surface area contributed by atoms with Crippen LogP contribution in [0.15, 0.2) is 23.4 Å². The minimum atomic E-state index is -3.59. The average molecular weight is 283 g/mol. The predicted molar refractivity (Wildman–Crippen MR) is 72.0 cm³/mol. The fraction of sp³-hybridized carbons (Fsp3) is 0.417. The van der Waals surface area contributed by atoms with Gasteiger partial charge >= 0.3 is 0 Å². The normalized spacial score (nSPS) is 11.9. The highest BCUT2D eigenvalue weighted by molar-refractivity contribution is 7.89. The Hall–Kier alpha value is -1.60. The zero-order chi connectivity index (χ0) is 14.0. The lowest BCUT2D eigenvalue weighted by molar-refractivity contribution is 0.414. The number of hydrogen-bond acceptors (Lipinski definition) is 4. The molecule has 0 spiro atoms. The first kappa shape index (κ1) is 13.8. The molecule has 104 valence electrons. The zero-order valence-corrected chi connectivity index (χ0v) is 12.0. The van der Waals surface area contributed by atoms with Crippen LogP contribution in [-0.2, 0) is 16.4 Å². The number of methoxy groups -OCH3 is 1. The van der Waals surface area contributed by atoms with Gasteiger partial charge < -0.3 is 9.14 Å². The van der Waals surface area contributed by atoms with E-state index in [1.165, 1.54) is 0 Å². The highest BCUT2D eigenvalue weighted by Crippen LogP contribution is 2.22. The van der Waals surface area contributed by atoms with Crippen LogP contribution in [0.5, 0.6) is 5.75 Å². The van der Waals surface area contributed by atoms with E-state index in [1.807, 2.05) is 6.92 Å². The summed E-state index contributed by atoms with van der Waals surface area (Å²) < 4.78 is 33.7. The molecule has 2 aromatic heterocycles. The Balaban J connectivity index is 2.73. The van der Waals surface area contributed by atoms with Crippen molar-refractivity contribution in [1.82, 2.24) is 14.1 Å². The van der Waals surface area contributed by atoms with Crippen molar-refractivity contribution in [3.05, 3.63) is 24.2 Å². The smallest absolute Gasteiger partial charge is 0.260 e. The summed E-state index contributed by atoms with van der Waals surface area (Å²) in [5.41, 5.74) is 0.525. The van der Waals surface area contributed by atoms with Crippen molar-refractivity contribution < 1.29 is 13.2 Å². The van der Waals surface area contributed by atoms with Crippen molar-refractivity contribution in [1.29, 1.82) is 0 Å². The Labute approximate surface area is 112 Å². The van der Waals surface area contributed by atoms with Crippen LogP contribution in [0, 0.1) is 0 Å². The summed E-state index contributed by atoms with van der Waals surface area (Å²) in [4.78, 5) is 4.23. The van der Waals surface area contributed by atoms with Gasteiger partial charge in [-0.1, -0.05) is 13.8 Å². The number of hydrogen-bond donors (Lipinski definition) is 1. The Morgan fingerprint density at radius 1 is 1.42 bits per heavy atom. The van der Waals surface area contributed by atoms with E-state index in [0.717, 1.165) is 0 Å². The van der Waals surface area contributed by atoms with Gasteiger partial charge in [-0.2, -0.15) is 0 Å². The number of fused-ring (bicyclic) bond motifs is 1. The van der Waals surface area contributed by atoms with Crippen LogP contribution in [0.4, 0.5) is 0 Å². The first-order valence-corrected chi connectivity index (χ1v) is 7.56. The van der Waals surface area contributed by atoms with Crippen molar-refractivity contribution in [3.63, 3.8) is 0 Å². The molecule has 7 heteroatoms. The van der Waals surface area contributed by atoms with E-state index >= 15 is 0 Å². The Bertz CT molecular complexity index is 692. The third-order valence-electron chi connectivity index (χ3n) is 2.80. The maximum Gasteiger partial charge on any atom is 0.260 e. The minimum Gasteiger partial charge on any atom is -0.497 e. The number of pyridine rings is 1. The van der Waals surface area contributed by atoms with Crippen LogP contribution in [0.2, 0.25) is 0 Å². The highest BCUT2D eigenvalue weighted by Gasteiger charge is 2.22. The lowest BCUT2D eigenvalue weighted by atomic mass is 10.4. The van der Waals surface area contributed by atoms with E-state index in [-0.39, 0.29) is 5.03 Å². The average Bonchev–Trinajstić information content (AvgIpc) is 2.77.